The zero-order valence-corrected chi connectivity index (χ0v) is 12.6. The summed E-state index contributed by atoms with van der Waals surface area (Å²) in [5.41, 5.74) is 0. The summed E-state index contributed by atoms with van der Waals surface area (Å²) in [4.78, 5) is 22.1. The number of carbonyl (C=O) groups is 2. The Morgan fingerprint density at radius 3 is 2.19 bits per heavy atom. The molecule has 7 nitrogen and oxygen atoms in total. The van der Waals surface area contributed by atoms with Crippen molar-refractivity contribution >= 4 is 39.4 Å². The number of carboxylic acid groups (broad SMARTS) is 1. The van der Waals surface area contributed by atoms with Gasteiger partial charge in [0.05, 0.1) is 13.0 Å². The van der Waals surface area contributed by atoms with E-state index in [0.717, 1.165) is 25.7 Å². The predicted molar refractivity (Wildman–Crippen MR) is 81.8 cm³/mol. The minimum atomic E-state index is -4.79. The van der Waals surface area contributed by atoms with Crippen LogP contribution in [0.1, 0.15) is 46.0 Å². The summed E-state index contributed by atoms with van der Waals surface area (Å²) >= 11 is 0. The Balaban J connectivity index is 0. The highest BCUT2D eigenvalue weighted by molar-refractivity contribution is 7.87. The van der Waals surface area contributed by atoms with Gasteiger partial charge in [0.25, 0.3) is 10.1 Å². The fraction of sp³-hybridized carbons (Fsp3) is 0.833. The molecule has 0 spiro atoms. The molecule has 0 amide bonds. The predicted octanol–water partition coefficient (Wildman–Crippen LogP) is 0.293. The first-order chi connectivity index (χ1) is 9.22. The Morgan fingerprint density at radius 2 is 1.81 bits per heavy atom. The van der Waals surface area contributed by atoms with Crippen LogP contribution < -0.4 is 0 Å². The maximum Gasteiger partial charge on any atom is 0.327 e. The van der Waals surface area contributed by atoms with Crippen molar-refractivity contribution in [3.8, 4) is 0 Å². The number of carbonyl (C=O) groups excluding carboxylic acids is 1. The zero-order valence-electron chi connectivity index (χ0n) is 11.7. The van der Waals surface area contributed by atoms with Crippen molar-refractivity contribution in [2.75, 3.05) is 6.61 Å². The topological polar surface area (TPSA) is 118 Å². The first-order valence-electron chi connectivity index (χ1n) is 6.57. The van der Waals surface area contributed by atoms with E-state index >= 15 is 0 Å². The van der Waals surface area contributed by atoms with Gasteiger partial charge in [0.2, 0.25) is 0 Å². The van der Waals surface area contributed by atoms with E-state index < -0.39 is 33.7 Å². The van der Waals surface area contributed by atoms with Gasteiger partial charge in [-0.25, -0.2) is 0 Å². The van der Waals surface area contributed by atoms with Crippen LogP contribution in [-0.2, 0) is 24.4 Å². The molecule has 2 unspecified atom stereocenters. The van der Waals surface area contributed by atoms with Gasteiger partial charge in [-0.05, 0) is 12.3 Å². The van der Waals surface area contributed by atoms with Gasteiger partial charge in [-0.3, -0.25) is 14.1 Å². The highest BCUT2D eigenvalue weighted by atomic mass is 32.2. The lowest BCUT2D eigenvalue weighted by atomic mass is 10.0. The van der Waals surface area contributed by atoms with E-state index in [9.17, 15) is 18.0 Å². The minimum Gasteiger partial charge on any atom is -0.481 e. The number of unbranched alkanes of at least 4 members (excludes halogenated alkanes) is 1. The summed E-state index contributed by atoms with van der Waals surface area (Å²) < 4.78 is 35.7. The molecule has 2 N–H and O–H groups in total. The molecule has 0 aromatic carbocycles. The van der Waals surface area contributed by atoms with E-state index in [1.165, 1.54) is 0 Å². The SMILES string of the molecule is CCCCC(CC)COC(=O)C(CC(=O)O)S(=O)(=O)O.[AlH3]. The largest absolute Gasteiger partial charge is 0.481 e. The van der Waals surface area contributed by atoms with Crippen molar-refractivity contribution < 1.29 is 32.4 Å². The molecule has 0 aromatic rings. The minimum absolute atomic E-state index is 0. The Kier molecular flexibility index (Phi) is 11.9. The number of carboxylic acids is 1. The molecule has 0 aliphatic carbocycles. The van der Waals surface area contributed by atoms with Crippen LogP contribution in [0.4, 0.5) is 0 Å². The van der Waals surface area contributed by atoms with E-state index in [0.29, 0.717) is 0 Å². The highest BCUT2D eigenvalue weighted by Gasteiger charge is 2.35. The number of hydrogen-bond donors (Lipinski definition) is 2. The van der Waals surface area contributed by atoms with E-state index in [1.807, 2.05) is 13.8 Å². The monoisotopic (exact) mass is 340 g/mol. The van der Waals surface area contributed by atoms with Crippen molar-refractivity contribution in [3.63, 3.8) is 0 Å². The lowest BCUT2D eigenvalue weighted by molar-refractivity contribution is -0.148. The van der Waals surface area contributed by atoms with Crippen molar-refractivity contribution in [2.45, 2.75) is 51.2 Å². The summed E-state index contributed by atoms with van der Waals surface area (Å²) in [5, 5.41) is 6.49. The lowest BCUT2D eigenvalue weighted by Gasteiger charge is -2.16. The van der Waals surface area contributed by atoms with Crippen molar-refractivity contribution in [1.29, 1.82) is 0 Å². The maximum absolute atomic E-state index is 11.6. The second kappa shape index (κ2) is 11.0. The van der Waals surface area contributed by atoms with Gasteiger partial charge in [-0.2, -0.15) is 8.42 Å². The molecule has 0 saturated heterocycles. The second-order valence-corrected chi connectivity index (χ2v) is 6.25. The Hall–Kier alpha value is -0.618. The Morgan fingerprint density at radius 1 is 1.24 bits per heavy atom. The molecule has 0 rings (SSSR count). The first kappa shape index (κ1) is 22.7. The number of esters is 1. The quantitative estimate of drug-likeness (QED) is 0.333. The number of rotatable bonds is 10. The van der Waals surface area contributed by atoms with E-state index in [-0.39, 0.29) is 29.9 Å². The molecule has 0 aromatic heterocycles. The van der Waals surface area contributed by atoms with Gasteiger partial charge in [0, 0.05) is 0 Å². The average molecular weight is 340 g/mol. The summed E-state index contributed by atoms with van der Waals surface area (Å²) in [5.74, 6) is -2.61. The Labute approximate surface area is 135 Å². The van der Waals surface area contributed by atoms with Gasteiger partial charge in [-0.15, -0.1) is 0 Å². The summed E-state index contributed by atoms with van der Waals surface area (Å²) in [6, 6.07) is 0. The van der Waals surface area contributed by atoms with Crippen LogP contribution in [-0.4, -0.2) is 59.2 Å². The molecule has 0 heterocycles. The number of hydrogen-bond acceptors (Lipinski definition) is 5. The fourth-order valence-corrected chi connectivity index (χ4v) is 2.32. The third-order valence-corrected chi connectivity index (χ3v) is 4.07. The van der Waals surface area contributed by atoms with Crippen LogP contribution in [0.25, 0.3) is 0 Å². The molecule has 2 atom stereocenters. The molecular weight excluding hydrogens is 315 g/mol. The van der Waals surface area contributed by atoms with Crippen LogP contribution in [0.15, 0.2) is 0 Å². The number of ether oxygens (including phenoxy) is 1. The van der Waals surface area contributed by atoms with Gasteiger partial charge in [0.15, 0.2) is 22.6 Å². The standard InChI is InChI=1S/C12H22O7S.Al.3H/c1-3-5-6-9(4-2)8-19-12(15)10(7-11(13)14)20(16,17)18;;;;/h9-10H,3-8H2,1-2H3,(H,13,14)(H,16,17,18);;;;. The molecule has 0 saturated carbocycles. The molecular formula is C12H25AlO7S. The lowest BCUT2D eigenvalue weighted by Crippen LogP contribution is -2.34. The normalized spacial score (nSPS) is 13.9. The smallest absolute Gasteiger partial charge is 0.327 e. The van der Waals surface area contributed by atoms with Gasteiger partial charge in [0.1, 0.15) is 0 Å². The van der Waals surface area contributed by atoms with Crippen LogP contribution in [0, 0.1) is 5.92 Å². The molecule has 124 valence electrons. The van der Waals surface area contributed by atoms with Gasteiger partial charge >= 0.3 is 11.9 Å². The molecule has 0 radical (unpaired) electrons. The van der Waals surface area contributed by atoms with Crippen LogP contribution in [0.2, 0.25) is 0 Å². The molecule has 21 heavy (non-hydrogen) atoms. The Bertz CT molecular complexity index is 421. The maximum atomic E-state index is 11.6. The first-order valence-corrected chi connectivity index (χ1v) is 8.07. The van der Waals surface area contributed by atoms with E-state index in [1.54, 1.807) is 0 Å². The van der Waals surface area contributed by atoms with Gasteiger partial charge < -0.3 is 9.84 Å². The van der Waals surface area contributed by atoms with Crippen molar-refractivity contribution in [1.82, 2.24) is 0 Å². The highest BCUT2D eigenvalue weighted by Crippen LogP contribution is 2.15. The van der Waals surface area contributed by atoms with E-state index in [4.69, 9.17) is 14.4 Å². The van der Waals surface area contributed by atoms with Crippen molar-refractivity contribution in [2.24, 2.45) is 5.92 Å². The summed E-state index contributed by atoms with van der Waals surface area (Å²) in [6.07, 6.45) is 2.56. The molecule has 0 aliphatic heterocycles. The van der Waals surface area contributed by atoms with Gasteiger partial charge in [-0.1, -0.05) is 33.1 Å². The number of aliphatic carboxylic acids is 1. The third-order valence-electron chi connectivity index (χ3n) is 2.99. The molecule has 0 fully saturated rings. The van der Waals surface area contributed by atoms with Crippen LogP contribution >= 0.6 is 0 Å². The summed E-state index contributed by atoms with van der Waals surface area (Å²) in [7, 11) is -4.79. The molecule has 0 aliphatic rings. The van der Waals surface area contributed by atoms with Crippen LogP contribution in [0.5, 0.6) is 0 Å². The second-order valence-electron chi connectivity index (χ2n) is 4.65. The van der Waals surface area contributed by atoms with Crippen molar-refractivity contribution in [3.05, 3.63) is 0 Å². The third kappa shape index (κ3) is 9.85. The zero-order chi connectivity index (χ0) is 15.8. The fourth-order valence-electron chi connectivity index (χ4n) is 1.66. The molecule has 0 bridgehead atoms. The average Bonchev–Trinajstić information content (AvgIpc) is 2.34. The van der Waals surface area contributed by atoms with E-state index in [2.05, 4.69) is 0 Å². The summed E-state index contributed by atoms with van der Waals surface area (Å²) in [6.45, 7) is 3.98. The molecule has 9 heteroatoms. The van der Waals surface area contributed by atoms with Crippen LogP contribution in [0.3, 0.4) is 0 Å².